The van der Waals surface area contributed by atoms with Crippen LogP contribution in [0.3, 0.4) is 0 Å². The van der Waals surface area contributed by atoms with Gasteiger partial charge in [-0.3, -0.25) is 0 Å². The normalized spacial score (nSPS) is 12.1. The zero-order valence-corrected chi connectivity index (χ0v) is 7.33. The summed E-state index contributed by atoms with van der Waals surface area (Å²) in [6, 6.07) is 0. The van der Waals surface area contributed by atoms with Crippen LogP contribution >= 0.6 is 0 Å². The molecule has 5 heteroatoms. The highest BCUT2D eigenvalue weighted by Gasteiger charge is 2.42. The van der Waals surface area contributed by atoms with Crippen LogP contribution in [0.5, 0.6) is 0 Å². The van der Waals surface area contributed by atoms with Gasteiger partial charge in [0.2, 0.25) is 5.54 Å². The van der Waals surface area contributed by atoms with Gasteiger partial charge in [0.05, 0.1) is 14.1 Å². The molecule has 0 saturated carbocycles. The summed E-state index contributed by atoms with van der Waals surface area (Å²) in [4.78, 5) is 10.6. The van der Waals surface area contributed by atoms with Gasteiger partial charge in [0.15, 0.2) is 0 Å². The molecule has 0 saturated heterocycles. The van der Waals surface area contributed by atoms with E-state index >= 15 is 0 Å². The van der Waals surface area contributed by atoms with Crippen molar-refractivity contribution in [2.24, 2.45) is 5.84 Å². The number of aliphatic carboxylic acids is 1. The number of nitrogens with two attached hydrogens (primary N) is 1. The maximum absolute atomic E-state index is 10.6. The summed E-state index contributed by atoms with van der Waals surface area (Å²) >= 11 is 0. The second-order valence-electron chi connectivity index (χ2n) is 3.40. The summed E-state index contributed by atoms with van der Waals surface area (Å²) in [6.45, 7) is 3.19. The highest BCUT2D eigenvalue weighted by atomic mass is 16.4. The summed E-state index contributed by atoms with van der Waals surface area (Å²) in [6.07, 6.45) is 0. The molecule has 11 heavy (non-hydrogen) atoms. The quantitative estimate of drug-likeness (QED) is 0.330. The largest absolute Gasteiger partial charge is 0.870 e. The van der Waals surface area contributed by atoms with E-state index in [1.54, 1.807) is 27.9 Å². The molecule has 0 atom stereocenters. The molecule has 0 radical (unpaired) electrons. The number of quaternary nitrogens is 1. The number of carbonyl (C=O) groups is 1. The number of carboxylic acids is 1. The van der Waals surface area contributed by atoms with Gasteiger partial charge >= 0.3 is 5.97 Å². The summed E-state index contributed by atoms with van der Waals surface area (Å²) in [5, 5.41) is 8.68. The van der Waals surface area contributed by atoms with Crippen LogP contribution in [-0.4, -0.2) is 40.8 Å². The number of carboxylic acid groups (broad SMARTS) is 1. The first-order valence-electron chi connectivity index (χ1n) is 3.05. The van der Waals surface area contributed by atoms with Crippen molar-refractivity contribution in [3.63, 3.8) is 0 Å². The third kappa shape index (κ3) is 2.45. The average molecular weight is 164 g/mol. The molecule has 0 aromatic carbocycles. The number of rotatable bonds is 2. The molecule has 0 heterocycles. The predicted octanol–water partition coefficient (Wildman–Crippen LogP) is -0.377. The molecule has 0 aliphatic heterocycles. The zero-order chi connectivity index (χ0) is 8.58. The van der Waals surface area contributed by atoms with Gasteiger partial charge in [-0.2, -0.15) is 5.84 Å². The molecule has 0 aliphatic rings. The van der Waals surface area contributed by atoms with Crippen LogP contribution in [0, 0.1) is 0 Å². The van der Waals surface area contributed by atoms with Crippen molar-refractivity contribution in [1.82, 2.24) is 0 Å². The molecular formula is C6H16N2O3. The van der Waals surface area contributed by atoms with Crippen LogP contribution in [-0.2, 0) is 4.79 Å². The SMILES string of the molecule is CC(C)(C(=O)O)[N+](C)(C)N.[OH-]. The monoisotopic (exact) mass is 164 g/mol. The van der Waals surface area contributed by atoms with Crippen molar-refractivity contribution in [3.8, 4) is 0 Å². The molecule has 0 rings (SSSR count). The van der Waals surface area contributed by atoms with Crippen LogP contribution in [0.2, 0.25) is 0 Å². The molecule has 0 aromatic heterocycles. The second-order valence-corrected chi connectivity index (χ2v) is 3.40. The third-order valence-corrected chi connectivity index (χ3v) is 1.96. The maximum atomic E-state index is 10.6. The van der Waals surface area contributed by atoms with Gasteiger partial charge in [0.1, 0.15) is 0 Å². The van der Waals surface area contributed by atoms with Crippen molar-refractivity contribution < 1.29 is 20.0 Å². The summed E-state index contributed by atoms with van der Waals surface area (Å²) < 4.78 is -0.0671. The second kappa shape index (κ2) is 3.17. The fourth-order valence-corrected chi connectivity index (χ4v) is 0.247. The highest BCUT2D eigenvalue weighted by molar-refractivity contribution is 5.76. The Morgan fingerprint density at radius 1 is 1.45 bits per heavy atom. The number of hydrogen-bond acceptors (Lipinski definition) is 3. The Balaban J connectivity index is 0. The minimum atomic E-state index is -0.931. The summed E-state index contributed by atoms with van der Waals surface area (Å²) in [7, 11) is 3.29. The van der Waals surface area contributed by atoms with Crippen molar-refractivity contribution in [3.05, 3.63) is 0 Å². The number of hydrogen-bond donors (Lipinski definition) is 2. The molecule has 0 bridgehead atoms. The molecular weight excluding hydrogens is 148 g/mol. The minimum absolute atomic E-state index is 0. The zero-order valence-electron chi connectivity index (χ0n) is 7.33. The molecule has 0 aromatic rings. The summed E-state index contributed by atoms with van der Waals surface area (Å²) in [5.41, 5.74) is -0.931. The molecule has 0 fully saturated rings. The van der Waals surface area contributed by atoms with Gasteiger partial charge < -0.3 is 10.6 Å². The van der Waals surface area contributed by atoms with Crippen molar-refractivity contribution >= 4 is 5.97 Å². The van der Waals surface area contributed by atoms with E-state index in [0.717, 1.165) is 0 Å². The Morgan fingerprint density at radius 3 is 1.73 bits per heavy atom. The van der Waals surface area contributed by atoms with Gasteiger partial charge in [0, 0.05) is 13.8 Å². The van der Waals surface area contributed by atoms with E-state index in [0.29, 0.717) is 0 Å². The Morgan fingerprint density at radius 2 is 1.73 bits per heavy atom. The van der Waals surface area contributed by atoms with E-state index < -0.39 is 11.5 Å². The Hall–Kier alpha value is -0.650. The average Bonchev–Trinajstić information content (AvgIpc) is 1.62. The van der Waals surface area contributed by atoms with E-state index in [-0.39, 0.29) is 10.1 Å². The fourth-order valence-electron chi connectivity index (χ4n) is 0.247. The lowest BCUT2D eigenvalue weighted by Crippen LogP contribution is -2.64. The lowest BCUT2D eigenvalue weighted by atomic mass is 10.0. The number of nitrogens with zero attached hydrogens (tertiary/aromatic N) is 1. The Bertz CT molecular complexity index is 148. The smallest absolute Gasteiger partial charge is 0.366 e. The van der Waals surface area contributed by atoms with Crippen molar-refractivity contribution in [1.29, 1.82) is 0 Å². The fraction of sp³-hybridized carbons (Fsp3) is 0.833. The minimum Gasteiger partial charge on any atom is -0.870 e. The molecule has 0 spiro atoms. The van der Waals surface area contributed by atoms with E-state index in [2.05, 4.69) is 0 Å². The first-order valence-corrected chi connectivity index (χ1v) is 3.05. The highest BCUT2D eigenvalue weighted by Crippen LogP contribution is 2.14. The Labute approximate surface area is 66.3 Å². The van der Waals surface area contributed by atoms with Gasteiger partial charge in [-0.15, -0.1) is 0 Å². The molecule has 0 aliphatic carbocycles. The number of likely N-dealkylation sites (N-methyl/N-ethyl adjacent to an activating group) is 1. The van der Waals surface area contributed by atoms with E-state index in [9.17, 15) is 4.79 Å². The lowest BCUT2D eigenvalue weighted by molar-refractivity contribution is -0.939. The van der Waals surface area contributed by atoms with Crippen LogP contribution in [0.1, 0.15) is 13.8 Å². The van der Waals surface area contributed by atoms with Gasteiger partial charge in [-0.05, 0) is 0 Å². The van der Waals surface area contributed by atoms with E-state index in [4.69, 9.17) is 10.9 Å². The predicted molar refractivity (Wildman–Crippen MR) is 39.9 cm³/mol. The van der Waals surface area contributed by atoms with E-state index in [1.807, 2.05) is 0 Å². The maximum Gasteiger partial charge on any atom is 0.366 e. The first kappa shape index (κ1) is 13.0. The van der Waals surface area contributed by atoms with Crippen molar-refractivity contribution in [2.45, 2.75) is 19.4 Å². The lowest BCUT2D eigenvalue weighted by Gasteiger charge is -2.35. The van der Waals surface area contributed by atoms with Gasteiger partial charge in [-0.1, -0.05) is 0 Å². The van der Waals surface area contributed by atoms with Gasteiger partial charge in [-0.25, -0.2) is 9.39 Å². The Kier molecular flexibility index (Phi) is 3.73. The van der Waals surface area contributed by atoms with Crippen LogP contribution in [0.4, 0.5) is 0 Å². The topological polar surface area (TPSA) is 93.3 Å². The molecule has 5 nitrogen and oxygen atoms in total. The standard InChI is InChI=1S/C6H14N2O2.H2O/c1-6(2,5(9)10)8(3,4)7;/h7H2,1-4H3;1H2. The van der Waals surface area contributed by atoms with Crippen LogP contribution < -0.4 is 5.84 Å². The molecule has 4 N–H and O–H groups in total. The van der Waals surface area contributed by atoms with Gasteiger partial charge in [0.25, 0.3) is 0 Å². The van der Waals surface area contributed by atoms with Crippen molar-refractivity contribution in [2.75, 3.05) is 14.1 Å². The molecule has 0 amide bonds. The first-order chi connectivity index (χ1) is 4.19. The van der Waals surface area contributed by atoms with Crippen LogP contribution in [0.15, 0.2) is 0 Å². The van der Waals surface area contributed by atoms with Crippen LogP contribution in [0.25, 0.3) is 0 Å². The molecule has 68 valence electrons. The third-order valence-electron chi connectivity index (χ3n) is 1.96. The van der Waals surface area contributed by atoms with E-state index in [1.165, 1.54) is 0 Å². The summed E-state index contributed by atoms with van der Waals surface area (Å²) in [5.74, 6) is 4.68. The molecule has 0 unspecified atom stereocenters.